The van der Waals surface area contributed by atoms with Crippen LogP contribution in [0, 0.1) is 0 Å². The van der Waals surface area contributed by atoms with Crippen molar-refractivity contribution >= 4 is 17.3 Å². The van der Waals surface area contributed by atoms with Gasteiger partial charge in [-0.05, 0) is 20.4 Å². The molecule has 4 nitrogen and oxygen atoms in total. The first-order valence-electron chi connectivity index (χ1n) is 4.85. The third-order valence-corrected chi connectivity index (χ3v) is 3.27. The van der Waals surface area contributed by atoms with Gasteiger partial charge in [0.05, 0.1) is 6.54 Å². The highest BCUT2D eigenvalue weighted by molar-refractivity contribution is 7.09. The van der Waals surface area contributed by atoms with E-state index in [1.165, 1.54) is 0 Å². The Morgan fingerprint density at radius 1 is 1.67 bits per heavy atom. The number of carbonyl (C=O) groups is 1. The number of aliphatic carboxylic acids is 1. The van der Waals surface area contributed by atoms with Gasteiger partial charge in [-0.3, -0.25) is 9.69 Å². The molecule has 0 bridgehead atoms. The van der Waals surface area contributed by atoms with Gasteiger partial charge in [-0.25, -0.2) is 4.98 Å². The van der Waals surface area contributed by atoms with Gasteiger partial charge in [0.15, 0.2) is 0 Å². The predicted molar refractivity (Wildman–Crippen MR) is 59.9 cm³/mol. The minimum absolute atomic E-state index is 0.591. The molecule has 0 spiro atoms. The van der Waals surface area contributed by atoms with E-state index in [1.54, 1.807) is 31.4 Å². The number of carboxylic acid groups (broad SMARTS) is 1. The molecule has 1 heterocycles. The molecule has 0 saturated carbocycles. The molecular formula is C10H16N2O2S. The van der Waals surface area contributed by atoms with Crippen molar-refractivity contribution in [1.82, 2.24) is 9.88 Å². The van der Waals surface area contributed by atoms with Crippen molar-refractivity contribution in [3.8, 4) is 0 Å². The number of hydrogen-bond acceptors (Lipinski definition) is 4. The molecule has 0 aliphatic rings. The van der Waals surface area contributed by atoms with Crippen LogP contribution in [0.1, 0.15) is 25.8 Å². The van der Waals surface area contributed by atoms with Crippen LogP contribution in [0.15, 0.2) is 11.6 Å². The van der Waals surface area contributed by atoms with Crippen LogP contribution in [-0.2, 0) is 11.3 Å². The highest BCUT2D eigenvalue weighted by Crippen LogP contribution is 2.18. The molecule has 0 aromatic carbocycles. The predicted octanol–water partition coefficient (Wildman–Crippen LogP) is 1.83. The van der Waals surface area contributed by atoms with Gasteiger partial charge in [0.2, 0.25) is 0 Å². The van der Waals surface area contributed by atoms with Crippen molar-refractivity contribution < 1.29 is 9.90 Å². The van der Waals surface area contributed by atoms with Crippen molar-refractivity contribution in [1.29, 1.82) is 0 Å². The molecule has 0 radical (unpaired) electrons. The van der Waals surface area contributed by atoms with E-state index in [4.69, 9.17) is 5.11 Å². The van der Waals surface area contributed by atoms with Crippen LogP contribution in [0.5, 0.6) is 0 Å². The first-order valence-corrected chi connectivity index (χ1v) is 5.73. The smallest absolute Gasteiger partial charge is 0.323 e. The van der Waals surface area contributed by atoms with Crippen molar-refractivity contribution in [2.75, 3.05) is 6.54 Å². The minimum atomic E-state index is -0.847. The third kappa shape index (κ3) is 2.76. The molecule has 5 heteroatoms. The second kappa shape index (κ2) is 4.72. The molecular weight excluding hydrogens is 212 g/mol. The Balaban J connectivity index is 2.76. The van der Waals surface area contributed by atoms with Gasteiger partial charge < -0.3 is 5.11 Å². The summed E-state index contributed by atoms with van der Waals surface area (Å²) in [6, 6.07) is 0. The lowest BCUT2D eigenvalue weighted by Crippen LogP contribution is -2.49. The van der Waals surface area contributed by atoms with Crippen LogP contribution in [0.2, 0.25) is 0 Å². The molecule has 0 atom stereocenters. The summed E-state index contributed by atoms with van der Waals surface area (Å²) >= 11 is 1.55. The Hall–Kier alpha value is -0.940. The van der Waals surface area contributed by atoms with E-state index in [9.17, 15) is 4.79 Å². The summed E-state index contributed by atoms with van der Waals surface area (Å²) in [6.07, 6.45) is 1.74. The second-order valence-corrected chi connectivity index (χ2v) is 4.78. The van der Waals surface area contributed by atoms with Gasteiger partial charge in [0.1, 0.15) is 10.5 Å². The monoisotopic (exact) mass is 228 g/mol. The fraction of sp³-hybridized carbons (Fsp3) is 0.600. The summed E-state index contributed by atoms with van der Waals surface area (Å²) in [6.45, 7) is 6.67. The molecule has 0 unspecified atom stereocenters. The summed E-state index contributed by atoms with van der Waals surface area (Å²) in [7, 11) is 0. The summed E-state index contributed by atoms with van der Waals surface area (Å²) in [5.41, 5.74) is -0.847. The standard InChI is InChI=1S/C10H16N2O2S/c1-4-12(10(2,3)9(13)14)7-8-11-5-6-15-8/h5-6H,4,7H2,1-3H3,(H,13,14). The molecule has 1 aromatic rings. The van der Waals surface area contributed by atoms with E-state index < -0.39 is 11.5 Å². The normalized spacial score (nSPS) is 12.0. The zero-order valence-corrected chi connectivity index (χ0v) is 10.0. The first kappa shape index (κ1) is 12.1. The SMILES string of the molecule is CCN(Cc1nccs1)C(C)(C)C(=O)O. The highest BCUT2D eigenvalue weighted by Gasteiger charge is 2.33. The van der Waals surface area contributed by atoms with Crippen LogP contribution in [0.4, 0.5) is 0 Å². The van der Waals surface area contributed by atoms with Crippen LogP contribution in [-0.4, -0.2) is 33.0 Å². The van der Waals surface area contributed by atoms with E-state index in [0.29, 0.717) is 13.1 Å². The molecule has 0 saturated heterocycles. The molecule has 1 aromatic heterocycles. The van der Waals surface area contributed by atoms with E-state index in [1.807, 2.05) is 17.2 Å². The lowest BCUT2D eigenvalue weighted by Gasteiger charge is -2.33. The third-order valence-electron chi connectivity index (χ3n) is 2.51. The maximum atomic E-state index is 11.1. The average Bonchev–Trinajstić information content (AvgIpc) is 2.65. The Morgan fingerprint density at radius 2 is 2.33 bits per heavy atom. The lowest BCUT2D eigenvalue weighted by atomic mass is 10.0. The number of likely N-dealkylation sites (N-methyl/N-ethyl adjacent to an activating group) is 1. The van der Waals surface area contributed by atoms with Crippen LogP contribution < -0.4 is 0 Å². The number of aromatic nitrogens is 1. The number of carboxylic acids is 1. The van der Waals surface area contributed by atoms with Crippen LogP contribution >= 0.6 is 11.3 Å². The molecule has 1 rings (SSSR count). The Morgan fingerprint density at radius 3 is 2.73 bits per heavy atom. The van der Waals surface area contributed by atoms with E-state index in [2.05, 4.69) is 4.98 Å². The van der Waals surface area contributed by atoms with Gasteiger partial charge in [0, 0.05) is 11.6 Å². The molecule has 0 aliphatic heterocycles. The maximum absolute atomic E-state index is 11.1. The van der Waals surface area contributed by atoms with Gasteiger partial charge in [-0.1, -0.05) is 6.92 Å². The van der Waals surface area contributed by atoms with Crippen LogP contribution in [0.3, 0.4) is 0 Å². The minimum Gasteiger partial charge on any atom is -0.480 e. The number of rotatable bonds is 5. The molecule has 1 N–H and O–H groups in total. The lowest BCUT2D eigenvalue weighted by molar-refractivity contribution is -0.149. The van der Waals surface area contributed by atoms with Crippen LogP contribution in [0.25, 0.3) is 0 Å². The van der Waals surface area contributed by atoms with Gasteiger partial charge in [-0.2, -0.15) is 0 Å². The fourth-order valence-corrected chi connectivity index (χ4v) is 1.97. The maximum Gasteiger partial charge on any atom is 0.323 e. The summed E-state index contributed by atoms with van der Waals surface area (Å²) in [5.74, 6) is -0.805. The average molecular weight is 228 g/mol. The van der Waals surface area contributed by atoms with Gasteiger partial charge in [-0.15, -0.1) is 11.3 Å². The summed E-state index contributed by atoms with van der Waals surface area (Å²) in [4.78, 5) is 17.1. The number of thiazole rings is 1. The molecule has 0 fully saturated rings. The number of nitrogens with zero attached hydrogens (tertiary/aromatic N) is 2. The van der Waals surface area contributed by atoms with E-state index in [0.717, 1.165) is 5.01 Å². The summed E-state index contributed by atoms with van der Waals surface area (Å²) in [5, 5.41) is 12.0. The topological polar surface area (TPSA) is 53.4 Å². The summed E-state index contributed by atoms with van der Waals surface area (Å²) < 4.78 is 0. The zero-order valence-electron chi connectivity index (χ0n) is 9.23. The Bertz CT molecular complexity index is 322. The van der Waals surface area contributed by atoms with E-state index in [-0.39, 0.29) is 0 Å². The van der Waals surface area contributed by atoms with Crippen molar-refractivity contribution in [3.05, 3.63) is 16.6 Å². The molecule has 0 aliphatic carbocycles. The molecule has 15 heavy (non-hydrogen) atoms. The van der Waals surface area contributed by atoms with Crippen molar-refractivity contribution in [3.63, 3.8) is 0 Å². The Kier molecular flexibility index (Phi) is 3.82. The van der Waals surface area contributed by atoms with Gasteiger partial charge >= 0.3 is 5.97 Å². The molecule has 84 valence electrons. The zero-order chi connectivity index (χ0) is 11.5. The molecule has 0 amide bonds. The highest BCUT2D eigenvalue weighted by atomic mass is 32.1. The largest absolute Gasteiger partial charge is 0.480 e. The fourth-order valence-electron chi connectivity index (χ4n) is 1.33. The number of hydrogen-bond donors (Lipinski definition) is 1. The Labute approximate surface area is 93.6 Å². The first-order chi connectivity index (χ1) is 6.98. The van der Waals surface area contributed by atoms with Crippen molar-refractivity contribution in [2.24, 2.45) is 0 Å². The van der Waals surface area contributed by atoms with Crippen molar-refractivity contribution in [2.45, 2.75) is 32.9 Å². The van der Waals surface area contributed by atoms with Gasteiger partial charge in [0.25, 0.3) is 0 Å². The van der Waals surface area contributed by atoms with E-state index >= 15 is 0 Å². The second-order valence-electron chi connectivity index (χ2n) is 3.80. The quantitative estimate of drug-likeness (QED) is 0.835.